The van der Waals surface area contributed by atoms with E-state index in [0.29, 0.717) is 31.4 Å². The van der Waals surface area contributed by atoms with Gasteiger partial charge in [0, 0.05) is 37.7 Å². The summed E-state index contributed by atoms with van der Waals surface area (Å²) in [6.45, 7) is 13.9. The molecule has 0 saturated carbocycles. The second-order valence-corrected chi connectivity index (χ2v) is 20.3. The molecular formula is C49H82N12O14. The molecule has 1 fully saturated rings. The third kappa shape index (κ3) is 21.6. The Morgan fingerprint density at radius 3 is 1.71 bits per heavy atom. The molecule has 0 spiro atoms. The van der Waals surface area contributed by atoms with Crippen LogP contribution < -0.4 is 48.7 Å². The molecule has 15 N–H and O–H groups in total. The van der Waals surface area contributed by atoms with Gasteiger partial charge in [-0.05, 0) is 81.6 Å². The van der Waals surface area contributed by atoms with Gasteiger partial charge >= 0.3 is 17.9 Å². The van der Waals surface area contributed by atoms with Gasteiger partial charge in [-0.3, -0.25) is 47.9 Å². The number of amides is 8. The van der Waals surface area contributed by atoms with Crippen LogP contribution in [-0.4, -0.2) is 163 Å². The summed E-state index contributed by atoms with van der Waals surface area (Å²) >= 11 is 0. The SMILES string of the molecule is CC[C@H](C)[C@H](N)C(=O)N[C@@H](CC(C)C)C(=O)N[C@@H](CCCCN)C(=O)N[C@@H](CCC(=O)O)C(=O)N1CCC[C@H]1C(=O)N[C@H](C(=O)N[C@@H](Cc1cnc[nH]1)C(=O)N[C@@H](CCC(=O)O)C(=O)N[C@H](C(=O)O)C(C)C)C(C)C. The number of aromatic amines is 1. The number of carbonyl (C=O) groups is 11. The predicted molar refractivity (Wildman–Crippen MR) is 271 cm³/mol. The minimum Gasteiger partial charge on any atom is -0.481 e. The fraction of sp³-hybridized carbons (Fsp3) is 0.714. The van der Waals surface area contributed by atoms with Crippen molar-refractivity contribution in [1.29, 1.82) is 0 Å². The summed E-state index contributed by atoms with van der Waals surface area (Å²) in [5.74, 6) is -11.9. The van der Waals surface area contributed by atoms with E-state index in [9.17, 15) is 68.1 Å². The lowest BCUT2D eigenvalue weighted by Gasteiger charge is -2.32. The van der Waals surface area contributed by atoms with Crippen molar-refractivity contribution in [2.75, 3.05) is 13.1 Å². The van der Waals surface area contributed by atoms with Gasteiger partial charge in [0.25, 0.3) is 0 Å². The number of nitrogens with zero attached hydrogens (tertiary/aromatic N) is 2. The molecule has 422 valence electrons. The molecule has 0 aromatic carbocycles. The van der Waals surface area contributed by atoms with Crippen LogP contribution in [0.25, 0.3) is 0 Å². The van der Waals surface area contributed by atoms with Gasteiger partial charge in [0.15, 0.2) is 0 Å². The Hall–Kier alpha value is -6.70. The zero-order chi connectivity index (χ0) is 56.7. The Labute approximate surface area is 437 Å². The van der Waals surface area contributed by atoms with Crippen LogP contribution >= 0.6 is 0 Å². The maximum absolute atomic E-state index is 14.4. The molecule has 1 aliphatic heterocycles. The fourth-order valence-corrected chi connectivity index (χ4v) is 8.27. The maximum atomic E-state index is 14.4. The molecule has 2 rings (SSSR count). The van der Waals surface area contributed by atoms with Gasteiger partial charge in [-0.2, -0.15) is 0 Å². The van der Waals surface area contributed by atoms with Crippen LogP contribution in [0.4, 0.5) is 0 Å². The van der Waals surface area contributed by atoms with E-state index in [1.807, 2.05) is 20.8 Å². The molecule has 1 aromatic heterocycles. The highest BCUT2D eigenvalue weighted by Gasteiger charge is 2.41. The van der Waals surface area contributed by atoms with Gasteiger partial charge < -0.3 is 73.9 Å². The Morgan fingerprint density at radius 1 is 0.667 bits per heavy atom. The van der Waals surface area contributed by atoms with Crippen LogP contribution in [0.1, 0.15) is 132 Å². The Balaban J connectivity index is 2.41. The van der Waals surface area contributed by atoms with E-state index < -0.39 is 157 Å². The summed E-state index contributed by atoms with van der Waals surface area (Å²) in [7, 11) is 0. The van der Waals surface area contributed by atoms with Crippen LogP contribution in [0.15, 0.2) is 12.5 Å². The highest BCUT2D eigenvalue weighted by molar-refractivity contribution is 5.98. The number of rotatable bonds is 34. The van der Waals surface area contributed by atoms with Crippen molar-refractivity contribution in [2.24, 2.45) is 35.1 Å². The number of imidazole rings is 1. The molecule has 75 heavy (non-hydrogen) atoms. The number of likely N-dealkylation sites (tertiary alicyclic amines) is 1. The first kappa shape index (κ1) is 64.4. The monoisotopic (exact) mass is 1060 g/mol. The van der Waals surface area contributed by atoms with Gasteiger partial charge in [-0.15, -0.1) is 0 Å². The van der Waals surface area contributed by atoms with E-state index in [2.05, 4.69) is 47.2 Å². The van der Waals surface area contributed by atoms with Crippen LogP contribution in [0, 0.1) is 23.7 Å². The summed E-state index contributed by atoms with van der Waals surface area (Å²) in [5.41, 5.74) is 12.2. The number of nitrogens with two attached hydrogens (primary N) is 2. The molecule has 0 unspecified atom stereocenters. The largest absolute Gasteiger partial charge is 0.481 e. The molecule has 0 aliphatic carbocycles. The third-order valence-corrected chi connectivity index (χ3v) is 12.9. The Kier molecular flexibility index (Phi) is 27.4. The number of carboxylic acids is 3. The van der Waals surface area contributed by atoms with Crippen LogP contribution in [-0.2, 0) is 59.2 Å². The Bertz CT molecular complexity index is 2100. The van der Waals surface area contributed by atoms with E-state index in [1.54, 1.807) is 34.6 Å². The minimum absolute atomic E-state index is 0.00830. The highest BCUT2D eigenvalue weighted by atomic mass is 16.4. The second kappa shape index (κ2) is 31.9. The van der Waals surface area contributed by atoms with Crippen molar-refractivity contribution >= 4 is 65.2 Å². The maximum Gasteiger partial charge on any atom is 0.326 e. The predicted octanol–water partition coefficient (Wildman–Crippen LogP) is -0.989. The fourth-order valence-electron chi connectivity index (χ4n) is 8.27. The normalized spacial score (nSPS) is 17.0. The number of hydrogen-bond donors (Lipinski definition) is 13. The quantitative estimate of drug-likeness (QED) is 0.0369. The smallest absolute Gasteiger partial charge is 0.326 e. The van der Waals surface area contributed by atoms with Crippen molar-refractivity contribution < 1.29 is 68.1 Å². The minimum atomic E-state index is -1.55. The lowest BCUT2D eigenvalue weighted by atomic mass is 9.97. The summed E-state index contributed by atoms with van der Waals surface area (Å²) in [5, 5.41) is 46.8. The number of carboxylic acid groups (broad SMARTS) is 3. The van der Waals surface area contributed by atoms with Crippen molar-refractivity contribution in [2.45, 2.75) is 187 Å². The number of nitrogens with one attached hydrogen (secondary N) is 8. The topological polar surface area (TPSA) is 417 Å². The molecule has 8 amide bonds. The zero-order valence-electron chi connectivity index (χ0n) is 44.4. The first-order valence-electron chi connectivity index (χ1n) is 25.7. The first-order valence-corrected chi connectivity index (χ1v) is 25.7. The van der Waals surface area contributed by atoms with E-state index in [4.69, 9.17) is 11.5 Å². The summed E-state index contributed by atoms with van der Waals surface area (Å²) < 4.78 is 0. The van der Waals surface area contributed by atoms with Crippen molar-refractivity contribution in [1.82, 2.24) is 52.1 Å². The summed E-state index contributed by atoms with van der Waals surface area (Å²) in [6, 6.07) is -11.7. The number of unbranched alkanes of at least 4 members (excludes halogenated alkanes) is 1. The van der Waals surface area contributed by atoms with Crippen LogP contribution in [0.2, 0.25) is 0 Å². The van der Waals surface area contributed by atoms with Gasteiger partial charge in [-0.1, -0.05) is 61.8 Å². The van der Waals surface area contributed by atoms with Crippen molar-refractivity contribution in [3.05, 3.63) is 18.2 Å². The van der Waals surface area contributed by atoms with E-state index in [1.165, 1.54) is 17.4 Å². The number of H-pyrrole nitrogens is 1. The molecule has 1 aromatic rings. The number of aromatic nitrogens is 2. The first-order chi connectivity index (χ1) is 35.2. The summed E-state index contributed by atoms with van der Waals surface area (Å²) in [6.07, 6.45) is 2.58. The lowest BCUT2D eigenvalue weighted by molar-refractivity contribution is -0.144. The molecule has 0 radical (unpaired) electrons. The van der Waals surface area contributed by atoms with E-state index >= 15 is 0 Å². The summed E-state index contributed by atoms with van der Waals surface area (Å²) in [4.78, 5) is 154. The van der Waals surface area contributed by atoms with Gasteiger partial charge in [0.2, 0.25) is 47.3 Å². The van der Waals surface area contributed by atoms with Crippen molar-refractivity contribution in [3.8, 4) is 0 Å². The van der Waals surface area contributed by atoms with Gasteiger partial charge in [-0.25, -0.2) is 9.78 Å². The molecular weight excluding hydrogens is 981 g/mol. The second-order valence-electron chi connectivity index (χ2n) is 20.3. The average molecular weight is 1060 g/mol. The third-order valence-electron chi connectivity index (χ3n) is 12.9. The van der Waals surface area contributed by atoms with Gasteiger partial charge in [0.05, 0.1) is 12.4 Å². The van der Waals surface area contributed by atoms with Crippen LogP contribution in [0.3, 0.4) is 0 Å². The number of hydrogen-bond acceptors (Lipinski definition) is 14. The van der Waals surface area contributed by atoms with E-state index in [-0.39, 0.29) is 50.6 Å². The van der Waals surface area contributed by atoms with Crippen LogP contribution in [0.5, 0.6) is 0 Å². The van der Waals surface area contributed by atoms with E-state index in [0.717, 1.165) is 0 Å². The lowest BCUT2D eigenvalue weighted by Crippen LogP contribution is -2.61. The molecule has 1 aliphatic rings. The highest BCUT2D eigenvalue weighted by Crippen LogP contribution is 2.21. The number of carbonyl (C=O) groups excluding carboxylic acids is 8. The van der Waals surface area contributed by atoms with Gasteiger partial charge in [0.1, 0.15) is 48.3 Å². The molecule has 1 saturated heterocycles. The molecule has 26 nitrogen and oxygen atoms in total. The standard InChI is InChI=1S/C49H82N12O14/c1-9-28(8)38(51)46(71)57-33(21-25(2)3)43(68)54-30(13-10-11-19-50)41(66)56-32(16-18-37(64)65)48(73)61-20-12-14-35(61)45(70)59-39(26(4)5)47(72)58-34(22-29-23-52-24-53-29)44(69)55-31(15-17-36(62)63)42(67)60-40(27(6)7)49(74)75/h23-28,30-35,38-40H,9-22,50-51H2,1-8H3,(H,52,53)(H,54,68)(H,55,69)(H,56,66)(H,57,71)(H,58,72)(H,59,70)(H,60,67)(H,62,63)(H,64,65)(H,74,75)/t28-,30-,31-,32-,33-,34-,35-,38-,39-,40-/m0/s1. The van der Waals surface area contributed by atoms with Crippen molar-refractivity contribution in [3.63, 3.8) is 0 Å². The zero-order valence-corrected chi connectivity index (χ0v) is 44.4. The molecule has 26 heteroatoms. The average Bonchev–Trinajstić information content (AvgIpc) is 4.06. The molecule has 10 atom stereocenters. The number of aliphatic carboxylic acids is 3. The Morgan fingerprint density at radius 2 is 1.19 bits per heavy atom. The molecule has 2 heterocycles. The molecule has 0 bridgehead atoms.